The number of rotatable bonds is 3. The van der Waals surface area contributed by atoms with Crippen molar-refractivity contribution in [3.8, 4) is 0 Å². The van der Waals surface area contributed by atoms with Gasteiger partial charge >= 0.3 is 0 Å². The lowest BCUT2D eigenvalue weighted by Gasteiger charge is -2.00. The van der Waals surface area contributed by atoms with Gasteiger partial charge in [-0.2, -0.15) is 0 Å². The fourth-order valence-electron chi connectivity index (χ4n) is 1.86. The Morgan fingerprint density at radius 3 is 2.71 bits per heavy atom. The van der Waals surface area contributed by atoms with Gasteiger partial charge in [-0.15, -0.1) is 11.3 Å². The van der Waals surface area contributed by atoms with E-state index in [0.717, 1.165) is 22.3 Å². The lowest BCUT2D eigenvalue weighted by atomic mass is 10.2. The smallest absolute Gasteiger partial charge is 0.182 e. The number of benzene rings is 2. The average Bonchev–Trinajstić information content (AvgIpc) is 2.86. The number of hydrogen-bond donors (Lipinski definition) is 1. The van der Waals surface area contributed by atoms with Gasteiger partial charge in [0.2, 0.25) is 0 Å². The number of halogens is 2. The molecular weight excluding hydrogens is 314 g/mol. The van der Waals surface area contributed by atoms with Crippen LogP contribution >= 0.6 is 11.3 Å². The summed E-state index contributed by atoms with van der Waals surface area (Å²) in [6.07, 6.45) is 0. The molecule has 0 amide bonds. The highest BCUT2D eigenvalue weighted by atomic mass is 32.2. The lowest BCUT2D eigenvalue weighted by molar-refractivity contribution is 0.507. The van der Waals surface area contributed by atoms with Gasteiger partial charge < -0.3 is 5.73 Å². The van der Waals surface area contributed by atoms with E-state index in [4.69, 9.17) is 5.73 Å². The summed E-state index contributed by atoms with van der Waals surface area (Å²) < 4.78 is 39.6. The molecule has 3 aromatic rings. The van der Waals surface area contributed by atoms with Crippen LogP contribution in [0.2, 0.25) is 0 Å². The maximum absolute atomic E-state index is 13.1. The highest BCUT2D eigenvalue weighted by Gasteiger charge is 2.13. The second-order valence-electron chi connectivity index (χ2n) is 4.45. The Kier molecular flexibility index (Phi) is 3.69. The molecule has 0 saturated carbocycles. The number of nitrogens with two attached hydrogens (primary N) is 1. The summed E-state index contributed by atoms with van der Waals surface area (Å²) in [5.74, 6) is -1.77. The Bertz CT molecular complexity index is 848. The van der Waals surface area contributed by atoms with Crippen molar-refractivity contribution in [2.45, 2.75) is 10.1 Å². The third-order valence-corrected chi connectivity index (χ3v) is 5.57. The molecule has 0 aliphatic rings. The van der Waals surface area contributed by atoms with Crippen LogP contribution in [0.4, 0.5) is 14.5 Å². The summed E-state index contributed by atoms with van der Waals surface area (Å²) in [6.45, 7) is 0. The predicted octanol–water partition coefficient (Wildman–Crippen LogP) is 3.46. The van der Waals surface area contributed by atoms with E-state index in [1.165, 1.54) is 17.4 Å². The second kappa shape index (κ2) is 5.50. The molecule has 108 valence electrons. The van der Waals surface area contributed by atoms with Crippen LogP contribution in [0.15, 0.2) is 40.7 Å². The van der Waals surface area contributed by atoms with Gasteiger partial charge in [0.1, 0.15) is 0 Å². The zero-order chi connectivity index (χ0) is 15.0. The molecule has 0 aliphatic carbocycles. The third kappa shape index (κ3) is 2.93. The fraction of sp³-hybridized carbons (Fsp3) is 0.0714. The van der Waals surface area contributed by atoms with Gasteiger partial charge in [0.25, 0.3) is 0 Å². The quantitative estimate of drug-likeness (QED) is 0.751. The zero-order valence-corrected chi connectivity index (χ0v) is 12.3. The van der Waals surface area contributed by atoms with Gasteiger partial charge in [0.05, 0.1) is 26.8 Å². The summed E-state index contributed by atoms with van der Waals surface area (Å²) >= 11 is 1.29. The van der Waals surface area contributed by atoms with Gasteiger partial charge in [0, 0.05) is 5.69 Å². The number of fused-ring (bicyclic) bond motifs is 1. The average molecular weight is 324 g/mol. The normalized spacial score (nSPS) is 12.7. The largest absolute Gasteiger partial charge is 0.399 e. The first kappa shape index (κ1) is 14.1. The monoisotopic (exact) mass is 324 g/mol. The molecule has 2 aromatic carbocycles. The maximum atomic E-state index is 13.1. The molecule has 21 heavy (non-hydrogen) atoms. The molecule has 3 rings (SSSR count). The van der Waals surface area contributed by atoms with Crippen molar-refractivity contribution in [1.29, 1.82) is 0 Å². The van der Waals surface area contributed by atoms with Crippen LogP contribution < -0.4 is 5.73 Å². The van der Waals surface area contributed by atoms with E-state index in [-0.39, 0.29) is 5.75 Å². The first-order valence-corrected chi connectivity index (χ1v) is 8.15. The number of hydrogen-bond acceptors (Lipinski definition) is 4. The molecule has 0 fully saturated rings. The topological polar surface area (TPSA) is 56.0 Å². The predicted molar refractivity (Wildman–Crippen MR) is 80.5 cm³/mol. The molecule has 3 nitrogen and oxygen atoms in total. The van der Waals surface area contributed by atoms with Crippen molar-refractivity contribution in [2.24, 2.45) is 0 Å². The first-order chi connectivity index (χ1) is 10.0. The summed E-state index contributed by atoms with van der Waals surface area (Å²) in [6, 6.07) is 8.76. The zero-order valence-electron chi connectivity index (χ0n) is 10.7. The van der Waals surface area contributed by atoms with Crippen LogP contribution in [-0.2, 0) is 16.6 Å². The van der Waals surface area contributed by atoms with Crippen LogP contribution in [0.5, 0.6) is 0 Å². The fourth-order valence-corrected chi connectivity index (χ4v) is 4.23. The van der Waals surface area contributed by atoms with E-state index < -0.39 is 22.4 Å². The van der Waals surface area contributed by atoms with Crippen molar-refractivity contribution in [3.05, 3.63) is 53.6 Å². The van der Waals surface area contributed by atoms with Crippen LogP contribution in [-0.4, -0.2) is 9.19 Å². The molecule has 1 aromatic heterocycles. The Balaban J connectivity index is 1.87. The molecule has 7 heteroatoms. The van der Waals surface area contributed by atoms with Crippen LogP contribution in [0.25, 0.3) is 10.2 Å². The first-order valence-electron chi connectivity index (χ1n) is 6.01. The molecule has 0 spiro atoms. The Hall–Kier alpha value is -1.86. The second-order valence-corrected chi connectivity index (χ2v) is 7.10. The van der Waals surface area contributed by atoms with Crippen LogP contribution in [0.1, 0.15) is 5.56 Å². The van der Waals surface area contributed by atoms with Crippen molar-refractivity contribution in [2.75, 3.05) is 5.73 Å². The number of nitrogens with zero attached hydrogens (tertiary/aromatic N) is 1. The van der Waals surface area contributed by atoms with Crippen molar-refractivity contribution in [1.82, 2.24) is 4.98 Å². The van der Waals surface area contributed by atoms with Gasteiger partial charge in [-0.25, -0.2) is 13.8 Å². The molecule has 0 aliphatic heterocycles. The van der Waals surface area contributed by atoms with Crippen molar-refractivity contribution >= 4 is 38.0 Å². The van der Waals surface area contributed by atoms with Crippen molar-refractivity contribution in [3.63, 3.8) is 0 Å². The van der Waals surface area contributed by atoms with Gasteiger partial charge in [-0.1, -0.05) is 6.07 Å². The number of thiazole rings is 1. The molecule has 1 heterocycles. The molecule has 2 N–H and O–H groups in total. The maximum Gasteiger partial charge on any atom is 0.182 e. The third-order valence-electron chi connectivity index (χ3n) is 2.87. The molecule has 1 unspecified atom stereocenters. The minimum atomic E-state index is -1.41. The van der Waals surface area contributed by atoms with E-state index in [1.54, 1.807) is 18.2 Å². The van der Waals surface area contributed by atoms with Gasteiger partial charge in [-0.3, -0.25) is 4.21 Å². The van der Waals surface area contributed by atoms with E-state index in [9.17, 15) is 13.0 Å². The Labute approximate surface area is 125 Å². The summed E-state index contributed by atoms with van der Waals surface area (Å²) in [5.41, 5.74) is 7.49. The number of anilines is 1. The molecule has 0 radical (unpaired) electrons. The highest BCUT2D eigenvalue weighted by molar-refractivity contribution is 7.86. The van der Waals surface area contributed by atoms with E-state index >= 15 is 0 Å². The molecular formula is C14H10F2N2OS2. The minimum Gasteiger partial charge on any atom is -0.399 e. The van der Waals surface area contributed by atoms with E-state index in [2.05, 4.69) is 4.98 Å². The Morgan fingerprint density at radius 2 is 1.95 bits per heavy atom. The standard InChI is InChI=1S/C14H10F2N2OS2/c15-10-3-1-8(5-11(10)16)7-21(19)14-18-12-4-2-9(17)6-13(12)20-14/h1-6H,7,17H2. The SMILES string of the molecule is Nc1ccc2nc(S(=O)Cc3ccc(F)c(F)c3)sc2c1. The van der Waals surface area contributed by atoms with Crippen molar-refractivity contribution < 1.29 is 13.0 Å². The summed E-state index contributed by atoms with van der Waals surface area (Å²) in [5, 5.41) is 0. The van der Waals surface area contributed by atoms with Crippen LogP contribution in [0, 0.1) is 11.6 Å². The van der Waals surface area contributed by atoms with Crippen LogP contribution in [0.3, 0.4) is 0 Å². The summed E-state index contributed by atoms with van der Waals surface area (Å²) in [7, 11) is -1.41. The van der Waals surface area contributed by atoms with E-state index in [1.807, 2.05) is 0 Å². The van der Waals surface area contributed by atoms with Gasteiger partial charge in [-0.05, 0) is 35.9 Å². The van der Waals surface area contributed by atoms with Gasteiger partial charge in [0.15, 0.2) is 16.0 Å². The lowest BCUT2D eigenvalue weighted by Crippen LogP contribution is -1.97. The number of aromatic nitrogens is 1. The molecule has 1 atom stereocenters. The molecule has 0 saturated heterocycles. The summed E-state index contributed by atoms with van der Waals surface area (Å²) in [4.78, 5) is 4.28. The molecule has 0 bridgehead atoms. The Morgan fingerprint density at radius 1 is 1.14 bits per heavy atom. The van der Waals surface area contributed by atoms with E-state index in [0.29, 0.717) is 15.6 Å². The minimum absolute atomic E-state index is 0.0898. The number of nitrogen functional groups attached to an aromatic ring is 1. The highest BCUT2D eigenvalue weighted by Crippen LogP contribution is 2.27.